The molecule has 0 heterocycles. The van der Waals surface area contributed by atoms with Gasteiger partial charge in [0.1, 0.15) is 5.75 Å². The van der Waals surface area contributed by atoms with E-state index < -0.39 is 12.1 Å². The summed E-state index contributed by atoms with van der Waals surface area (Å²) in [4.78, 5) is 24.1. The molecule has 0 N–H and O–H groups in total. The number of esters is 2. The van der Waals surface area contributed by atoms with Crippen LogP contribution in [0.2, 0.25) is 0 Å². The zero-order valence-electron chi connectivity index (χ0n) is 18.2. The third-order valence-corrected chi connectivity index (χ3v) is 5.22. The van der Waals surface area contributed by atoms with Gasteiger partial charge in [0.15, 0.2) is 12.7 Å². The molecule has 0 spiro atoms. The number of halogens is 1. The Morgan fingerprint density at radius 2 is 1.81 bits per heavy atom. The first-order valence-electron chi connectivity index (χ1n) is 10.7. The number of rotatable bonds is 14. The van der Waals surface area contributed by atoms with Gasteiger partial charge in [0, 0.05) is 18.4 Å². The Balaban J connectivity index is 2.15. The number of fused-ring (bicyclic) bond motifs is 1. The predicted molar refractivity (Wildman–Crippen MR) is 124 cm³/mol. The van der Waals surface area contributed by atoms with Crippen LogP contribution in [0.5, 0.6) is 5.75 Å². The van der Waals surface area contributed by atoms with Crippen molar-refractivity contribution in [1.82, 2.24) is 0 Å². The monoisotopic (exact) mass is 494 g/mol. The van der Waals surface area contributed by atoms with Crippen molar-refractivity contribution in [3.63, 3.8) is 0 Å². The lowest BCUT2D eigenvalue weighted by Gasteiger charge is -2.18. The van der Waals surface area contributed by atoms with Crippen molar-refractivity contribution in [3.05, 3.63) is 42.0 Å². The third-order valence-electron chi connectivity index (χ3n) is 4.66. The van der Waals surface area contributed by atoms with Gasteiger partial charge in [-0.15, -0.1) is 0 Å². The fourth-order valence-electron chi connectivity index (χ4n) is 3.17. The fraction of sp³-hybridized carbons (Fsp3) is 0.500. The zero-order valence-corrected chi connectivity index (χ0v) is 19.8. The second kappa shape index (κ2) is 14.0. The number of carbonyl (C=O) groups is 2. The molecule has 0 aromatic heterocycles. The molecule has 0 bridgehead atoms. The number of hydrogen-bond acceptors (Lipinski definition) is 6. The van der Waals surface area contributed by atoms with Gasteiger partial charge in [0.2, 0.25) is 0 Å². The minimum Gasteiger partial charge on any atom is -0.482 e. The lowest BCUT2D eigenvalue weighted by atomic mass is 9.99. The van der Waals surface area contributed by atoms with Crippen LogP contribution in [-0.4, -0.2) is 49.8 Å². The first-order chi connectivity index (χ1) is 15.1. The van der Waals surface area contributed by atoms with Crippen molar-refractivity contribution in [2.45, 2.75) is 45.6 Å². The molecular weight excluding hydrogens is 464 g/mol. The van der Waals surface area contributed by atoms with Crippen molar-refractivity contribution < 1.29 is 28.5 Å². The van der Waals surface area contributed by atoms with Gasteiger partial charge in [-0.3, -0.25) is 0 Å². The maximum Gasteiger partial charge on any atom is 0.344 e. The zero-order chi connectivity index (χ0) is 22.5. The van der Waals surface area contributed by atoms with Crippen LogP contribution in [0.25, 0.3) is 10.8 Å². The molecule has 0 amide bonds. The van der Waals surface area contributed by atoms with E-state index in [9.17, 15) is 9.59 Å². The first kappa shape index (κ1) is 25.1. The summed E-state index contributed by atoms with van der Waals surface area (Å²) >= 11 is 3.42. The number of ether oxygens (including phenoxy) is 4. The minimum atomic E-state index is -0.668. The van der Waals surface area contributed by atoms with E-state index in [1.807, 2.05) is 36.4 Å². The van der Waals surface area contributed by atoms with Gasteiger partial charge in [-0.05, 0) is 55.2 Å². The van der Waals surface area contributed by atoms with Crippen LogP contribution in [0.1, 0.15) is 38.7 Å². The second-order valence-electron chi connectivity index (χ2n) is 6.96. The molecule has 0 saturated heterocycles. The Morgan fingerprint density at radius 3 is 2.55 bits per heavy atom. The Hall–Kier alpha value is -2.12. The highest BCUT2D eigenvalue weighted by Gasteiger charge is 2.22. The van der Waals surface area contributed by atoms with Gasteiger partial charge in [-0.1, -0.05) is 46.6 Å². The van der Waals surface area contributed by atoms with Crippen LogP contribution < -0.4 is 4.74 Å². The molecule has 6 nitrogen and oxygen atoms in total. The van der Waals surface area contributed by atoms with Gasteiger partial charge < -0.3 is 18.9 Å². The van der Waals surface area contributed by atoms with Gasteiger partial charge in [0.25, 0.3) is 0 Å². The number of alkyl halides is 1. The molecule has 0 saturated carbocycles. The molecule has 0 aliphatic rings. The van der Waals surface area contributed by atoms with E-state index in [2.05, 4.69) is 15.9 Å². The summed E-state index contributed by atoms with van der Waals surface area (Å²) in [5.41, 5.74) is 0.956. The van der Waals surface area contributed by atoms with E-state index in [0.717, 1.165) is 40.9 Å². The molecule has 0 radical (unpaired) electrons. The molecule has 2 rings (SSSR count). The first-order valence-corrected chi connectivity index (χ1v) is 11.9. The summed E-state index contributed by atoms with van der Waals surface area (Å²) in [7, 11) is 0. The average Bonchev–Trinajstić information content (AvgIpc) is 2.77. The molecule has 31 heavy (non-hydrogen) atoms. The van der Waals surface area contributed by atoms with E-state index in [4.69, 9.17) is 18.9 Å². The summed E-state index contributed by atoms with van der Waals surface area (Å²) in [6.07, 6.45) is 2.74. The molecule has 0 fully saturated rings. The lowest BCUT2D eigenvalue weighted by molar-refractivity contribution is -0.156. The van der Waals surface area contributed by atoms with Gasteiger partial charge >= 0.3 is 11.9 Å². The average molecular weight is 495 g/mol. The van der Waals surface area contributed by atoms with Gasteiger partial charge in [-0.2, -0.15) is 0 Å². The quantitative estimate of drug-likeness (QED) is 0.212. The van der Waals surface area contributed by atoms with Crippen molar-refractivity contribution in [2.24, 2.45) is 0 Å². The number of hydrogen-bond donors (Lipinski definition) is 0. The minimum absolute atomic E-state index is 0.148. The van der Waals surface area contributed by atoms with Gasteiger partial charge in [0.05, 0.1) is 13.2 Å². The summed E-state index contributed by atoms with van der Waals surface area (Å²) in [6.45, 7) is 4.53. The third kappa shape index (κ3) is 8.50. The summed E-state index contributed by atoms with van der Waals surface area (Å²) in [6, 6.07) is 11.5. The van der Waals surface area contributed by atoms with Gasteiger partial charge in [-0.25, -0.2) is 9.59 Å². The maximum absolute atomic E-state index is 12.5. The predicted octanol–water partition coefficient (Wildman–Crippen LogP) is 4.84. The Kier molecular flexibility index (Phi) is 11.4. The molecule has 2 aromatic carbocycles. The lowest BCUT2D eigenvalue weighted by Crippen LogP contribution is -2.29. The largest absolute Gasteiger partial charge is 0.482 e. The topological polar surface area (TPSA) is 71.1 Å². The van der Waals surface area contributed by atoms with Crippen molar-refractivity contribution in [3.8, 4) is 5.75 Å². The Morgan fingerprint density at radius 1 is 1.00 bits per heavy atom. The van der Waals surface area contributed by atoms with Crippen LogP contribution in [0.4, 0.5) is 0 Å². The number of unbranched alkanes of at least 4 members (excludes halogenated alkanes) is 2. The Labute approximate surface area is 192 Å². The van der Waals surface area contributed by atoms with Crippen molar-refractivity contribution in [2.75, 3.05) is 31.8 Å². The molecule has 2 aromatic rings. The van der Waals surface area contributed by atoms with Crippen LogP contribution in [-0.2, 0) is 30.2 Å². The highest BCUT2D eigenvalue weighted by Crippen LogP contribution is 2.26. The van der Waals surface area contributed by atoms with Crippen LogP contribution in [0.3, 0.4) is 0 Å². The summed E-state index contributed by atoms with van der Waals surface area (Å²) < 4.78 is 21.6. The molecular formula is C24H31BrO6. The van der Waals surface area contributed by atoms with Crippen LogP contribution in [0.15, 0.2) is 36.4 Å². The molecule has 1 atom stereocenters. The van der Waals surface area contributed by atoms with E-state index in [1.165, 1.54) is 0 Å². The van der Waals surface area contributed by atoms with E-state index in [0.29, 0.717) is 32.0 Å². The number of carbonyl (C=O) groups excluding carboxylic acids is 2. The summed E-state index contributed by atoms with van der Waals surface area (Å²) in [5.74, 6) is -0.197. The maximum atomic E-state index is 12.5. The molecule has 0 aliphatic carbocycles. The van der Waals surface area contributed by atoms with Crippen molar-refractivity contribution in [1.29, 1.82) is 0 Å². The molecule has 170 valence electrons. The van der Waals surface area contributed by atoms with E-state index >= 15 is 0 Å². The summed E-state index contributed by atoms with van der Waals surface area (Å²) in [5, 5.41) is 2.92. The van der Waals surface area contributed by atoms with Crippen LogP contribution >= 0.6 is 15.9 Å². The smallest absolute Gasteiger partial charge is 0.344 e. The normalized spacial score (nSPS) is 11.8. The molecule has 0 aliphatic heterocycles. The molecule has 7 heteroatoms. The van der Waals surface area contributed by atoms with E-state index in [1.54, 1.807) is 13.8 Å². The van der Waals surface area contributed by atoms with Crippen LogP contribution in [0, 0.1) is 0 Å². The van der Waals surface area contributed by atoms with Crippen molar-refractivity contribution >= 4 is 38.6 Å². The fourth-order valence-corrected chi connectivity index (χ4v) is 3.57. The standard InChI is InChI=1S/C24H31BrO6/c1-3-28-23(26)17-31-20-12-11-18-9-8-10-19(21(18)16-20)15-22(24(27)29-4-2)30-14-7-5-6-13-25/h8-12,16,22H,3-7,13-15,17H2,1-2H3. The van der Waals surface area contributed by atoms with E-state index in [-0.39, 0.29) is 12.6 Å². The highest BCUT2D eigenvalue weighted by molar-refractivity contribution is 9.09. The highest BCUT2D eigenvalue weighted by atomic mass is 79.9. The second-order valence-corrected chi connectivity index (χ2v) is 7.75. The molecule has 1 unspecified atom stereocenters. The Bertz CT molecular complexity index is 838. The number of benzene rings is 2. The SMILES string of the molecule is CCOC(=O)COc1ccc2cccc(CC(OCCCCCBr)C(=O)OCC)c2c1.